The van der Waals surface area contributed by atoms with E-state index in [1.807, 2.05) is 24.3 Å². The second-order valence-corrected chi connectivity index (χ2v) is 9.42. The van der Waals surface area contributed by atoms with Crippen molar-refractivity contribution in [3.05, 3.63) is 88.1 Å². The number of hydrogen-bond acceptors (Lipinski definition) is 5. The number of amides is 1. The SMILES string of the molecule is O=C(O)CC1c2ccc(nc2)OCCCCCc2cnc(c(F)c2)C(=O)N2CCc3ccc1cc3C2. The minimum absolute atomic E-state index is 0.0925. The summed E-state index contributed by atoms with van der Waals surface area (Å²) in [6.45, 7) is 1.29. The van der Waals surface area contributed by atoms with Gasteiger partial charge in [-0.3, -0.25) is 9.59 Å². The van der Waals surface area contributed by atoms with E-state index in [0.29, 0.717) is 38.4 Å². The third kappa shape index (κ3) is 5.22. The molecule has 1 amide bonds. The Morgan fingerprint density at radius 1 is 1.03 bits per heavy atom. The number of halogens is 1. The first-order chi connectivity index (χ1) is 17.5. The van der Waals surface area contributed by atoms with E-state index in [4.69, 9.17) is 4.74 Å². The molecule has 8 rings (SSSR count). The highest BCUT2D eigenvalue weighted by atomic mass is 19.1. The van der Waals surface area contributed by atoms with Gasteiger partial charge in [-0.1, -0.05) is 24.3 Å². The summed E-state index contributed by atoms with van der Waals surface area (Å²) in [6, 6.07) is 11.0. The van der Waals surface area contributed by atoms with Crippen LogP contribution in [0.25, 0.3) is 0 Å². The Balaban J connectivity index is 1.51. The Bertz CT molecular complexity index is 1280. The van der Waals surface area contributed by atoms with E-state index in [2.05, 4.69) is 9.97 Å². The molecular formula is C28H28FN3O4. The number of pyridine rings is 2. The number of carboxylic acids is 1. The van der Waals surface area contributed by atoms with Crippen LogP contribution >= 0.6 is 0 Å². The molecule has 1 N–H and O–H groups in total. The number of rotatable bonds is 2. The van der Waals surface area contributed by atoms with E-state index in [0.717, 1.165) is 47.1 Å². The van der Waals surface area contributed by atoms with E-state index >= 15 is 0 Å². The molecular weight excluding hydrogens is 461 g/mol. The molecule has 8 heteroatoms. The Kier molecular flexibility index (Phi) is 6.93. The molecule has 3 aromatic rings. The van der Waals surface area contributed by atoms with Crippen molar-refractivity contribution >= 4 is 11.9 Å². The number of aliphatic carboxylic acids is 1. The fourth-order valence-electron chi connectivity index (χ4n) is 4.96. The van der Waals surface area contributed by atoms with Crippen molar-refractivity contribution < 1.29 is 23.8 Å². The molecule has 2 aromatic heterocycles. The maximum atomic E-state index is 14.9. The molecule has 0 saturated heterocycles. The van der Waals surface area contributed by atoms with Gasteiger partial charge in [0.15, 0.2) is 11.5 Å². The lowest BCUT2D eigenvalue weighted by Gasteiger charge is -2.30. The van der Waals surface area contributed by atoms with Crippen LogP contribution in [0.2, 0.25) is 0 Å². The smallest absolute Gasteiger partial charge is 0.304 e. The van der Waals surface area contributed by atoms with Crippen molar-refractivity contribution in [2.75, 3.05) is 13.2 Å². The molecule has 0 radical (unpaired) electrons. The summed E-state index contributed by atoms with van der Waals surface area (Å²) in [5.41, 5.74) is 4.25. The van der Waals surface area contributed by atoms with Crippen molar-refractivity contribution in [1.29, 1.82) is 0 Å². The fourth-order valence-corrected chi connectivity index (χ4v) is 4.96. The largest absolute Gasteiger partial charge is 0.481 e. The molecule has 186 valence electrons. The second kappa shape index (κ2) is 10.4. The molecule has 7 bridgehead atoms. The van der Waals surface area contributed by atoms with E-state index < -0.39 is 23.6 Å². The van der Waals surface area contributed by atoms with Gasteiger partial charge in [-0.05, 0) is 66.0 Å². The van der Waals surface area contributed by atoms with Crippen molar-refractivity contribution in [1.82, 2.24) is 14.9 Å². The molecule has 7 nitrogen and oxygen atoms in total. The number of carbonyl (C=O) groups is 2. The first-order valence-electron chi connectivity index (χ1n) is 12.3. The van der Waals surface area contributed by atoms with Crippen LogP contribution < -0.4 is 4.74 Å². The van der Waals surface area contributed by atoms with Gasteiger partial charge in [0.2, 0.25) is 5.88 Å². The third-order valence-corrected chi connectivity index (χ3v) is 6.93. The highest BCUT2D eigenvalue weighted by Gasteiger charge is 2.27. The highest BCUT2D eigenvalue weighted by molar-refractivity contribution is 5.92. The van der Waals surface area contributed by atoms with Crippen molar-refractivity contribution in [3.63, 3.8) is 0 Å². The average molecular weight is 490 g/mol. The third-order valence-electron chi connectivity index (χ3n) is 6.93. The van der Waals surface area contributed by atoms with Gasteiger partial charge in [0.1, 0.15) is 0 Å². The van der Waals surface area contributed by atoms with Gasteiger partial charge < -0.3 is 14.7 Å². The van der Waals surface area contributed by atoms with Gasteiger partial charge in [0, 0.05) is 37.5 Å². The van der Waals surface area contributed by atoms with Crippen molar-refractivity contribution in [3.8, 4) is 5.88 Å². The Morgan fingerprint density at radius 3 is 2.67 bits per heavy atom. The summed E-state index contributed by atoms with van der Waals surface area (Å²) in [7, 11) is 0. The molecule has 5 aliphatic rings. The summed E-state index contributed by atoms with van der Waals surface area (Å²) >= 11 is 0. The quantitative estimate of drug-likeness (QED) is 0.569. The molecule has 1 atom stereocenters. The van der Waals surface area contributed by atoms with Gasteiger partial charge in [-0.15, -0.1) is 0 Å². The second-order valence-electron chi connectivity index (χ2n) is 9.42. The van der Waals surface area contributed by atoms with Crippen LogP contribution in [0, 0.1) is 5.82 Å². The zero-order valence-electron chi connectivity index (χ0n) is 20.0. The lowest BCUT2D eigenvalue weighted by molar-refractivity contribution is -0.137. The molecule has 1 aromatic carbocycles. The van der Waals surface area contributed by atoms with Gasteiger partial charge in [-0.2, -0.15) is 0 Å². The van der Waals surface area contributed by atoms with E-state index in [1.165, 1.54) is 6.07 Å². The molecule has 0 spiro atoms. The van der Waals surface area contributed by atoms with Crippen LogP contribution in [0.3, 0.4) is 0 Å². The Hall–Kier alpha value is -3.81. The number of carboxylic acid groups (broad SMARTS) is 1. The van der Waals surface area contributed by atoms with Gasteiger partial charge in [0.25, 0.3) is 5.91 Å². The van der Waals surface area contributed by atoms with Gasteiger partial charge >= 0.3 is 5.97 Å². The minimum Gasteiger partial charge on any atom is -0.481 e. The van der Waals surface area contributed by atoms with Gasteiger partial charge in [0.05, 0.1) is 13.0 Å². The fraction of sp³-hybridized carbons (Fsp3) is 0.357. The number of ether oxygens (including phenoxy) is 1. The predicted octanol–water partition coefficient (Wildman–Crippen LogP) is 4.53. The van der Waals surface area contributed by atoms with Crippen molar-refractivity contribution in [2.24, 2.45) is 0 Å². The number of aromatic nitrogens is 2. The molecule has 0 fully saturated rings. The number of hydrogen-bond donors (Lipinski definition) is 1. The van der Waals surface area contributed by atoms with Crippen LogP contribution in [0.4, 0.5) is 4.39 Å². The van der Waals surface area contributed by atoms with Crippen LogP contribution in [0.15, 0.2) is 48.8 Å². The maximum absolute atomic E-state index is 14.9. The standard InChI is InChI=1S/C28H28FN3O4/c29-24-12-18-4-2-1-3-11-36-25-8-7-21(16-30-25)23(14-26(33)34)20-6-5-19-9-10-32(17-22(19)13-20)28(35)27(24)31-15-18/h5-8,12-13,15-16,23H,1-4,9-11,14,17H2,(H,33,34). The highest BCUT2D eigenvalue weighted by Crippen LogP contribution is 2.32. The summed E-state index contributed by atoms with van der Waals surface area (Å²) in [5.74, 6) is -1.84. The summed E-state index contributed by atoms with van der Waals surface area (Å²) in [6.07, 6.45) is 7.06. The van der Waals surface area contributed by atoms with E-state index in [-0.39, 0.29) is 12.1 Å². The molecule has 0 saturated carbocycles. The molecule has 7 heterocycles. The number of nitrogens with zero attached hydrogens (tertiary/aromatic N) is 3. The lowest BCUT2D eigenvalue weighted by Crippen LogP contribution is -2.37. The van der Waals surface area contributed by atoms with Gasteiger partial charge in [-0.25, -0.2) is 14.4 Å². The van der Waals surface area contributed by atoms with Crippen LogP contribution in [0.1, 0.15) is 69.9 Å². The van der Waals surface area contributed by atoms with Crippen LogP contribution in [-0.2, 0) is 24.2 Å². The topological polar surface area (TPSA) is 92.6 Å². The molecule has 0 aliphatic carbocycles. The number of carbonyl (C=O) groups excluding carboxylic acids is 1. The van der Waals surface area contributed by atoms with E-state index in [1.54, 1.807) is 23.4 Å². The molecule has 36 heavy (non-hydrogen) atoms. The Labute approximate surface area is 209 Å². The maximum Gasteiger partial charge on any atom is 0.304 e. The summed E-state index contributed by atoms with van der Waals surface area (Å²) in [4.78, 5) is 35.1. The normalized spacial score (nSPS) is 18.1. The lowest BCUT2D eigenvalue weighted by atomic mass is 9.86. The average Bonchev–Trinajstić information content (AvgIpc) is 2.88. The van der Waals surface area contributed by atoms with Crippen molar-refractivity contribution in [2.45, 2.75) is 51.0 Å². The first kappa shape index (κ1) is 23.9. The van der Waals surface area contributed by atoms with Crippen LogP contribution in [0.5, 0.6) is 5.88 Å². The van der Waals surface area contributed by atoms with Crippen LogP contribution in [-0.4, -0.2) is 45.0 Å². The molecule has 5 aliphatic heterocycles. The zero-order chi connectivity index (χ0) is 25.1. The number of benzene rings is 1. The monoisotopic (exact) mass is 489 g/mol. The van der Waals surface area contributed by atoms with E-state index in [9.17, 15) is 19.1 Å². The summed E-state index contributed by atoms with van der Waals surface area (Å²) in [5, 5.41) is 9.60. The predicted molar refractivity (Wildman–Crippen MR) is 130 cm³/mol. The Morgan fingerprint density at radius 2 is 1.89 bits per heavy atom. The first-order valence-corrected chi connectivity index (χ1v) is 12.3. The zero-order valence-corrected chi connectivity index (χ0v) is 20.0. The number of aryl methyl sites for hydroxylation is 1. The minimum atomic E-state index is -0.912. The summed E-state index contributed by atoms with van der Waals surface area (Å²) < 4.78 is 20.6. The molecule has 1 unspecified atom stereocenters.